The van der Waals surface area contributed by atoms with Gasteiger partial charge in [-0.1, -0.05) is 0 Å². The fourth-order valence-corrected chi connectivity index (χ4v) is 2.29. The Kier molecular flexibility index (Phi) is 2.26. The summed E-state index contributed by atoms with van der Waals surface area (Å²) in [7, 11) is 0. The fourth-order valence-electron chi connectivity index (χ4n) is 0.659. The van der Waals surface area contributed by atoms with Crippen LogP contribution in [0.1, 0.15) is 11.4 Å². The monoisotopic (exact) mass is 188 g/mol. The van der Waals surface area contributed by atoms with E-state index in [1.807, 2.05) is 12.1 Å². The first-order valence-corrected chi connectivity index (χ1v) is 4.65. The zero-order valence-corrected chi connectivity index (χ0v) is 6.97. The van der Waals surface area contributed by atoms with E-state index in [9.17, 15) is 4.79 Å². The van der Waals surface area contributed by atoms with Crippen molar-refractivity contribution in [3.63, 3.8) is 0 Å². The molecular formula is C7H8OSe. The Morgan fingerprint density at radius 2 is 2.56 bits per heavy atom. The summed E-state index contributed by atoms with van der Waals surface area (Å²) in [5.74, 6) is 0.270. The van der Waals surface area contributed by atoms with Crippen molar-refractivity contribution in [2.45, 2.75) is 13.3 Å². The maximum absolute atomic E-state index is 10.5. The summed E-state index contributed by atoms with van der Waals surface area (Å²) in [6.45, 7) is 1.63. The Hall–Kier alpha value is -0.331. The number of ketones is 1. The van der Waals surface area contributed by atoms with Crippen LogP contribution in [-0.4, -0.2) is 20.3 Å². The molecule has 9 heavy (non-hydrogen) atoms. The third kappa shape index (κ3) is 2.17. The van der Waals surface area contributed by atoms with Crippen LogP contribution in [-0.2, 0) is 11.2 Å². The second-order valence-corrected chi connectivity index (χ2v) is 4.12. The molecule has 0 bridgehead atoms. The third-order valence-electron chi connectivity index (χ3n) is 1.00. The molecule has 1 rings (SSSR count). The predicted octanol–water partition coefficient (Wildman–Crippen LogP) is 0.875. The number of Topliss-reactive ketones (excluding diaryl/α,β-unsaturated/α-hetero) is 1. The van der Waals surface area contributed by atoms with E-state index in [2.05, 4.69) is 4.94 Å². The van der Waals surface area contributed by atoms with Crippen molar-refractivity contribution in [2.24, 2.45) is 0 Å². The number of hydrogen-bond acceptors (Lipinski definition) is 1. The van der Waals surface area contributed by atoms with Crippen molar-refractivity contribution >= 4 is 20.3 Å². The van der Waals surface area contributed by atoms with Crippen LogP contribution in [0.25, 0.3) is 0 Å². The Bertz CT molecular complexity index is 189. The summed E-state index contributed by atoms with van der Waals surface area (Å²) in [5, 5.41) is 0. The van der Waals surface area contributed by atoms with Crippen molar-refractivity contribution in [1.82, 2.24) is 0 Å². The van der Waals surface area contributed by atoms with Crippen LogP contribution in [0.2, 0.25) is 0 Å². The van der Waals surface area contributed by atoms with Gasteiger partial charge in [0.1, 0.15) is 0 Å². The topological polar surface area (TPSA) is 17.1 Å². The van der Waals surface area contributed by atoms with Gasteiger partial charge in [0, 0.05) is 0 Å². The van der Waals surface area contributed by atoms with Crippen LogP contribution < -0.4 is 0 Å². The quantitative estimate of drug-likeness (QED) is 0.628. The molecule has 0 N–H and O–H groups in total. The molecule has 0 saturated carbocycles. The molecular weight excluding hydrogens is 179 g/mol. The van der Waals surface area contributed by atoms with Gasteiger partial charge in [0.25, 0.3) is 0 Å². The van der Waals surface area contributed by atoms with E-state index in [-0.39, 0.29) is 5.78 Å². The fraction of sp³-hybridized carbons (Fsp3) is 0.286. The Morgan fingerprint density at radius 1 is 1.78 bits per heavy atom. The molecule has 1 nitrogen and oxygen atoms in total. The van der Waals surface area contributed by atoms with E-state index in [1.165, 1.54) is 4.44 Å². The molecule has 0 spiro atoms. The molecule has 1 aromatic heterocycles. The van der Waals surface area contributed by atoms with E-state index < -0.39 is 0 Å². The Labute approximate surface area is 60.4 Å². The second-order valence-electron chi connectivity index (χ2n) is 1.96. The van der Waals surface area contributed by atoms with Crippen molar-refractivity contribution in [1.29, 1.82) is 0 Å². The van der Waals surface area contributed by atoms with Crippen LogP contribution in [0.4, 0.5) is 0 Å². The number of hydrogen-bond donors (Lipinski definition) is 0. The van der Waals surface area contributed by atoms with Crippen molar-refractivity contribution < 1.29 is 4.79 Å². The third-order valence-corrected chi connectivity index (χ3v) is 2.84. The first kappa shape index (κ1) is 6.78. The SMILES string of the molecule is CC(=O)Cc1ccc[se]1. The van der Waals surface area contributed by atoms with E-state index in [0.29, 0.717) is 20.9 Å². The molecule has 0 aromatic carbocycles. The van der Waals surface area contributed by atoms with Gasteiger partial charge in [0.15, 0.2) is 0 Å². The Balaban J connectivity index is 2.58. The van der Waals surface area contributed by atoms with E-state index in [0.717, 1.165) is 0 Å². The summed E-state index contributed by atoms with van der Waals surface area (Å²) < 4.78 is 1.30. The summed E-state index contributed by atoms with van der Waals surface area (Å²) >= 11 is 0.478. The molecule has 0 aliphatic heterocycles. The standard InChI is InChI=1S/C7H8OSe/c1-6(8)5-7-3-2-4-9-7/h2-4H,5H2,1H3. The van der Waals surface area contributed by atoms with Gasteiger partial charge in [-0.05, 0) is 0 Å². The molecule has 1 aromatic rings. The second kappa shape index (κ2) is 3.00. The Morgan fingerprint density at radius 3 is 3.00 bits per heavy atom. The van der Waals surface area contributed by atoms with Gasteiger partial charge in [-0.25, -0.2) is 0 Å². The summed E-state index contributed by atoms with van der Waals surface area (Å²) in [5.41, 5.74) is 0. The van der Waals surface area contributed by atoms with Gasteiger partial charge in [-0.15, -0.1) is 0 Å². The van der Waals surface area contributed by atoms with Gasteiger partial charge in [0.2, 0.25) is 0 Å². The summed E-state index contributed by atoms with van der Waals surface area (Å²) in [6, 6.07) is 4.07. The molecule has 0 atom stereocenters. The number of carbonyl (C=O) groups excluding carboxylic acids is 1. The molecule has 0 saturated heterocycles. The van der Waals surface area contributed by atoms with Crippen LogP contribution in [0.3, 0.4) is 0 Å². The molecule has 0 fully saturated rings. The summed E-state index contributed by atoms with van der Waals surface area (Å²) in [4.78, 5) is 12.7. The number of carbonyl (C=O) groups is 1. The van der Waals surface area contributed by atoms with Crippen LogP contribution >= 0.6 is 0 Å². The van der Waals surface area contributed by atoms with Gasteiger partial charge in [-0.3, -0.25) is 0 Å². The average molecular weight is 187 g/mol. The molecule has 1 heterocycles. The van der Waals surface area contributed by atoms with Gasteiger partial charge < -0.3 is 0 Å². The van der Waals surface area contributed by atoms with E-state index in [1.54, 1.807) is 6.92 Å². The molecule has 48 valence electrons. The maximum atomic E-state index is 10.5. The van der Waals surface area contributed by atoms with Crippen LogP contribution in [0.5, 0.6) is 0 Å². The number of rotatable bonds is 2. The van der Waals surface area contributed by atoms with E-state index >= 15 is 0 Å². The van der Waals surface area contributed by atoms with Crippen molar-refractivity contribution in [3.05, 3.63) is 21.5 Å². The molecule has 0 unspecified atom stereocenters. The predicted molar refractivity (Wildman–Crippen MR) is 37.8 cm³/mol. The van der Waals surface area contributed by atoms with Crippen molar-refractivity contribution in [3.8, 4) is 0 Å². The minimum atomic E-state index is 0.270. The van der Waals surface area contributed by atoms with E-state index in [4.69, 9.17) is 0 Å². The van der Waals surface area contributed by atoms with Crippen LogP contribution in [0.15, 0.2) is 17.1 Å². The van der Waals surface area contributed by atoms with Gasteiger partial charge in [0.05, 0.1) is 0 Å². The van der Waals surface area contributed by atoms with Crippen molar-refractivity contribution in [2.75, 3.05) is 0 Å². The summed E-state index contributed by atoms with van der Waals surface area (Å²) in [6.07, 6.45) is 0.660. The first-order chi connectivity index (χ1) is 4.29. The molecule has 0 aliphatic rings. The molecule has 0 amide bonds. The van der Waals surface area contributed by atoms with Gasteiger partial charge >= 0.3 is 59.9 Å². The normalized spacial score (nSPS) is 9.44. The minimum absolute atomic E-state index is 0.270. The average Bonchev–Trinajstić information content (AvgIpc) is 2.15. The molecule has 0 radical (unpaired) electrons. The molecule has 2 heteroatoms. The van der Waals surface area contributed by atoms with Crippen LogP contribution in [0, 0.1) is 0 Å². The zero-order valence-electron chi connectivity index (χ0n) is 5.26. The molecule has 0 aliphatic carbocycles. The zero-order chi connectivity index (χ0) is 6.69. The van der Waals surface area contributed by atoms with Gasteiger partial charge in [-0.2, -0.15) is 0 Å². The first-order valence-electron chi connectivity index (χ1n) is 2.81.